The zero-order valence-electron chi connectivity index (χ0n) is 24.0. The molecule has 0 bridgehead atoms. The van der Waals surface area contributed by atoms with Crippen LogP contribution in [0, 0.1) is 11.3 Å². The van der Waals surface area contributed by atoms with Gasteiger partial charge in [0.2, 0.25) is 5.91 Å². The van der Waals surface area contributed by atoms with Crippen LogP contribution in [0.3, 0.4) is 0 Å². The van der Waals surface area contributed by atoms with E-state index < -0.39 is 46.9 Å². The third-order valence-electron chi connectivity index (χ3n) is 8.35. The Morgan fingerprint density at radius 2 is 1.88 bits per heavy atom. The number of hydrogen-bond donors (Lipinski definition) is 4. The van der Waals surface area contributed by atoms with Crippen molar-refractivity contribution in [3.63, 3.8) is 0 Å². The highest BCUT2D eigenvalue weighted by Gasteiger charge is 2.56. The van der Waals surface area contributed by atoms with Gasteiger partial charge < -0.3 is 15.8 Å². The number of ketones is 1. The Morgan fingerprint density at radius 1 is 1.17 bits per heavy atom. The van der Waals surface area contributed by atoms with Crippen LogP contribution < -0.4 is 21.5 Å². The maximum atomic E-state index is 13.9. The highest BCUT2D eigenvalue weighted by Crippen LogP contribution is 2.46. The maximum absolute atomic E-state index is 13.9. The third kappa shape index (κ3) is 7.60. The molecule has 3 aliphatic rings. The molecule has 2 aliphatic carbocycles. The van der Waals surface area contributed by atoms with Gasteiger partial charge in [0.15, 0.2) is 5.71 Å². The lowest BCUT2D eigenvalue weighted by Gasteiger charge is -2.39. The number of fused-ring (bicyclic) bond motifs is 1. The molecule has 4 rings (SSSR count). The fraction of sp³-hybridized carbons (Fsp3) is 0.655. The lowest BCUT2D eigenvalue weighted by molar-refractivity contribution is -0.129. The summed E-state index contributed by atoms with van der Waals surface area (Å²) in [5.74, 6) is -2.87. The van der Waals surface area contributed by atoms with Gasteiger partial charge in [-0.15, -0.1) is 0 Å². The topological polar surface area (TPSA) is 146 Å². The van der Waals surface area contributed by atoms with E-state index in [2.05, 4.69) is 10.4 Å². The van der Waals surface area contributed by atoms with Crippen molar-refractivity contribution < 1.29 is 37.5 Å². The second-order valence-corrected chi connectivity index (χ2v) is 12.3. The van der Waals surface area contributed by atoms with E-state index in [1.165, 1.54) is 17.1 Å². The van der Waals surface area contributed by atoms with Crippen molar-refractivity contribution in [2.45, 2.75) is 102 Å². The number of hydroxylamine groups is 1. The van der Waals surface area contributed by atoms with Crippen molar-refractivity contribution in [2.24, 2.45) is 22.2 Å². The molecule has 1 aromatic carbocycles. The number of anilines is 2. The van der Waals surface area contributed by atoms with E-state index in [9.17, 15) is 27.6 Å². The number of hydrogen-bond acceptors (Lipinski definition) is 8. The molecule has 10 nitrogen and oxygen atoms in total. The van der Waals surface area contributed by atoms with Crippen LogP contribution in [-0.2, 0) is 14.3 Å². The predicted molar refractivity (Wildman–Crippen MR) is 150 cm³/mol. The van der Waals surface area contributed by atoms with Crippen molar-refractivity contribution >= 4 is 34.7 Å². The second kappa shape index (κ2) is 13.0. The molecule has 0 spiro atoms. The number of carbonyl (C=O) groups is 3. The van der Waals surface area contributed by atoms with Gasteiger partial charge in [-0.05, 0) is 68.6 Å². The van der Waals surface area contributed by atoms with E-state index in [1.807, 2.05) is 13.8 Å². The van der Waals surface area contributed by atoms with E-state index in [1.54, 1.807) is 11.5 Å². The Kier molecular flexibility index (Phi) is 9.81. The molecule has 13 heteroatoms. The van der Waals surface area contributed by atoms with Gasteiger partial charge in [-0.25, -0.2) is 5.48 Å². The lowest BCUT2D eigenvalue weighted by atomic mass is 9.68. The molecule has 5 N–H and O–H groups in total. The smallest absolute Gasteiger partial charge is 0.382 e. The summed E-state index contributed by atoms with van der Waals surface area (Å²) in [6.07, 6.45) is 1.44. The zero-order chi connectivity index (χ0) is 30.7. The Hall–Kier alpha value is -3.19. The van der Waals surface area contributed by atoms with Crippen LogP contribution in [-0.4, -0.2) is 59.5 Å². The normalized spacial score (nSPS) is 25.5. The Labute approximate surface area is 243 Å². The monoisotopic (exact) mass is 595 g/mol. The molecule has 2 fully saturated rings. The number of halogens is 3. The number of unbranched alkanes of at least 4 members (excludes halogenated alkanes) is 2. The molecule has 232 valence electrons. The summed E-state index contributed by atoms with van der Waals surface area (Å²) >= 11 is 0. The zero-order valence-corrected chi connectivity index (χ0v) is 24.0. The summed E-state index contributed by atoms with van der Waals surface area (Å²) in [6.45, 7) is 4.32. The summed E-state index contributed by atoms with van der Waals surface area (Å²) in [5.41, 5.74) is 6.70. The number of nitrogens with zero attached hydrogens (tertiary/aromatic N) is 2. The van der Waals surface area contributed by atoms with Crippen LogP contribution in [0.1, 0.15) is 88.4 Å². The van der Waals surface area contributed by atoms with E-state index in [0.717, 1.165) is 38.5 Å². The molecule has 1 aliphatic heterocycles. The van der Waals surface area contributed by atoms with E-state index in [-0.39, 0.29) is 30.6 Å². The molecule has 2 unspecified atom stereocenters. The summed E-state index contributed by atoms with van der Waals surface area (Å²) in [7, 11) is 0. The van der Waals surface area contributed by atoms with E-state index in [0.29, 0.717) is 30.8 Å². The molecule has 0 aromatic heterocycles. The Bertz CT molecular complexity index is 1200. The van der Waals surface area contributed by atoms with Crippen LogP contribution >= 0.6 is 0 Å². The fourth-order valence-electron chi connectivity index (χ4n) is 6.32. The standard InChI is InChI=1S/C29H40F3N5O5/c1-28(2)15-22-25(23(38)16-28)26(29(30,31)32)35-37(22)18-9-12-20(27(33)40)21(14-18)34-17-7-10-19(11-8-17)42-13-5-3-4-6-24(39)36-41/h9,12,14,17,19,22,25,34,41H,3-8,10-11,13,15-16H2,1-2H3,(H2,33,40)(H,36,39). The van der Waals surface area contributed by atoms with Crippen molar-refractivity contribution in [3.05, 3.63) is 23.8 Å². The number of ether oxygens (including phenoxy) is 1. The minimum absolute atomic E-state index is 0.00551. The SMILES string of the molecule is CC1(C)CC(=O)C2C(C(F)(F)F)=NN(c3ccc(C(N)=O)c(NC4CCC(OCCCCCC(=O)NO)CC4)c3)C2C1. The number of nitrogens with one attached hydrogen (secondary N) is 2. The molecule has 2 atom stereocenters. The third-order valence-corrected chi connectivity index (χ3v) is 8.35. The predicted octanol–water partition coefficient (Wildman–Crippen LogP) is 4.70. The van der Waals surface area contributed by atoms with Crippen molar-refractivity contribution in [1.29, 1.82) is 0 Å². The highest BCUT2D eigenvalue weighted by atomic mass is 19.4. The summed E-state index contributed by atoms with van der Waals surface area (Å²) < 4.78 is 47.8. The van der Waals surface area contributed by atoms with Crippen LogP contribution in [0.4, 0.5) is 24.5 Å². The van der Waals surface area contributed by atoms with Gasteiger partial charge in [-0.3, -0.25) is 24.6 Å². The first-order chi connectivity index (χ1) is 19.8. The first kappa shape index (κ1) is 31.7. The first-order valence-corrected chi connectivity index (χ1v) is 14.5. The number of nitrogens with two attached hydrogens (primary N) is 1. The van der Waals surface area contributed by atoms with Crippen LogP contribution in [0.25, 0.3) is 0 Å². The quantitative estimate of drug-likeness (QED) is 0.165. The molecule has 0 saturated heterocycles. The van der Waals surface area contributed by atoms with Gasteiger partial charge in [0.25, 0.3) is 5.91 Å². The molecular formula is C29H40F3N5O5. The maximum Gasteiger partial charge on any atom is 0.432 e. The lowest BCUT2D eigenvalue weighted by Crippen LogP contribution is -2.49. The number of alkyl halides is 3. The molecule has 2 amide bonds. The van der Waals surface area contributed by atoms with Gasteiger partial charge in [0.1, 0.15) is 5.78 Å². The average molecular weight is 596 g/mol. The molecule has 0 radical (unpaired) electrons. The van der Waals surface area contributed by atoms with Crippen LogP contribution in [0.2, 0.25) is 0 Å². The molecule has 2 saturated carbocycles. The molecule has 1 heterocycles. The van der Waals surface area contributed by atoms with Crippen LogP contribution in [0.5, 0.6) is 0 Å². The van der Waals surface area contributed by atoms with Crippen molar-refractivity contribution in [1.82, 2.24) is 5.48 Å². The van der Waals surface area contributed by atoms with Crippen molar-refractivity contribution in [2.75, 3.05) is 16.9 Å². The largest absolute Gasteiger partial charge is 0.432 e. The van der Waals surface area contributed by atoms with E-state index >= 15 is 0 Å². The number of benzene rings is 1. The fourth-order valence-corrected chi connectivity index (χ4v) is 6.32. The first-order valence-electron chi connectivity index (χ1n) is 14.5. The van der Waals surface area contributed by atoms with Crippen LogP contribution in [0.15, 0.2) is 23.3 Å². The van der Waals surface area contributed by atoms with Gasteiger partial charge in [-0.2, -0.15) is 18.3 Å². The highest BCUT2D eigenvalue weighted by molar-refractivity contribution is 6.11. The minimum Gasteiger partial charge on any atom is -0.382 e. The summed E-state index contributed by atoms with van der Waals surface area (Å²) in [6, 6.07) is 3.85. The number of hydrazone groups is 1. The average Bonchev–Trinajstić information content (AvgIpc) is 3.30. The molecule has 1 aromatic rings. The van der Waals surface area contributed by atoms with Gasteiger partial charge in [0.05, 0.1) is 29.3 Å². The van der Waals surface area contributed by atoms with Crippen molar-refractivity contribution in [3.8, 4) is 0 Å². The van der Waals surface area contributed by atoms with Gasteiger partial charge in [-0.1, -0.05) is 20.3 Å². The number of primary amides is 1. The number of Topliss-reactive ketones (excluding diaryl/α,β-unsaturated/α-hetero) is 1. The summed E-state index contributed by atoms with van der Waals surface area (Å²) in [5, 5.41) is 17.1. The molecular weight excluding hydrogens is 555 g/mol. The Morgan fingerprint density at radius 3 is 2.52 bits per heavy atom. The number of carbonyl (C=O) groups excluding carboxylic acids is 3. The molecule has 42 heavy (non-hydrogen) atoms. The second-order valence-electron chi connectivity index (χ2n) is 12.3. The minimum atomic E-state index is -4.74. The number of amides is 2. The van der Waals surface area contributed by atoms with E-state index in [4.69, 9.17) is 15.7 Å². The Balaban J connectivity index is 1.42. The van der Waals surface area contributed by atoms with Gasteiger partial charge >= 0.3 is 6.18 Å². The number of rotatable bonds is 11. The van der Waals surface area contributed by atoms with Gasteiger partial charge in [0, 0.05) is 31.2 Å². The summed E-state index contributed by atoms with van der Waals surface area (Å²) in [4.78, 5) is 36.1.